The summed E-state index contributed by atoms with van der Waals surface area (Å²) in [5, 5.41) is 1.14. The number of ether oxygens (including phenoxy) is 1. The Bertz CT molecular complexity index is 879. The van der Waals surface area contributed by atoms with Crippen molar-refractivity contribution >= 4 is 11.0 Å². The first-order valence-corrected chi connectivity index (χ1v) is 9.47. The van der Waals surface area contributed by atoms with E-state index in [2.05, 4.69) is 13.0 Å². The van der Waals surface area contributed by atoms with Gasteiger partial charge in [0.05, 0.1) is 0 Å². The van der Waals surface area contributed by atoms with E-state index < -0.39 is 0 Å². The molecule has 0 amide bonds. The first-order valence-electron chi connectivity index (χ1n) is 9.47. The lowest BCUT2D eigenvalue weighted by Gasteiger charge is -2.46. The molecule has 2 aromatic rings. The van der Waals surface area contributed by atoms with E-state index in [9.17, 15) is 4.79 Å². The van der Waals surface area contributed by atoms with Crippen LogP contribution < -0.4 is 10.4 Å². The minimum atomic E-state index is -0.147. The molecule has 0 N–H and O–H groups in total. The van der Waals surface area contributed by atoms with Crippen LogP contribution in [-0.2, 0) is 19.3 Å². The van der Waals surface area contributed by atoms with Gasteiger partial charge in [-0.2, -0.15) is 0 Å². The standard InChI is InChI=1S/C21H24O3/c1-13-5-2-3-9-21(13)10-8-14-11-17-15-6-4-7-16(15)20(22)23-19(17)12-18(14)24-21/h11-13H,2-10H2,1H3/t13?,21-/m0/s1. The zero-order chi connectivity index (χ0) is 16.3. The lowest BCUT2D eigenvalue weighted by atomic mass is 9.72. The summed E-state index contributed by atoms with van der Waals surface area (Å²) in [6.45, 7) is 2.33. The third-order valence-electron chi connectivity index (χ3n) is 6.67. The van der Waals surface area contributed by atoms with E-state index in [1.165, 1.54) is 30.4 Å². The molecule has 1 fully saturated rings. The maximum atomic E-state index is 12.2. The highest BCUT2D eigenvalue weighted by molar-refractivity contribution is 5.84. The Morgan fingerprint density at radius 1 is 1.04 bits per heavy atom. The minimum absolute atomic E-state index is 0.00402. The summed E-state index contributed by atoms with van der Waals surface area (Å²) >= 11 is 0. The van der Waals surface area contributed by atoms with E-state index in [1.54, 1.807) is 0 Å². The molecule has 1 aliphatic heterocycles. The summed E-state index contributed by atoms with van der Waals surface area (Å²) in [4.78, 5) is 12.2. The van der Waals surface area contributed by atoms with Crippen LogP contribution >= 0.6 is 0 Å². The maximum Gasteiger partial charge on any atom is 0.339 e. The van der Waals surface area contributed by atoms with Gasteiger partial charge in [-0.05, 0) is 74.5 Å². The summed E-state index contributed by atoms with van der Waals surface area (Å²) < 4.78 is 12.2. The fourth-order valence-electron chi connectivity index (χ4n) is 5.17. The smallest absolute Gasteiger partial charge is 0.339 e. The minimum Gasteiger partial charge on any atom is -0.487 e. The van der Waals surface area contributed by atoms with Gasteiger partial charge < -0.3 is 9.15 Å². The zero-order valence-electron chi connectivity index (χ0n) is 14.3. The first kappa shape index (κ1) is 14.6. The molecular formula is C21H24O3. The molecule has 1 aromatic heterocycles. The van der Waals surface area contributed by atoms with E-state index in [-0.39, 0.29) is 11.2 Å². The summed E-state index contributed by atoms with van der Waals surface area (Å²) in [6, 6.07) is 4.23. The number of hydrogen-bond donors (Lipinski definition) is 0. The molecule has 3 nitrogen and oxygen atoms in total. The molecule has 24 heavy (non-hydrogen) atoms. The molecule has 0 saturated heterocycles. The molecular weight excluding hydrogens is 300 g/mol. The Labute approximate surface area is 142 Å². The van der Waals surface area contributed by atoms with Crippen LogP contribution in [0, 0.1) is 5.92 Å². The predicted molar refractivity (Wildman–Crippen MR) is 93.8 cm³/mol. The van der Waals surface area contributed by atoms with Gasteiger partial charge >= 0.3 is 5.63 Å². The second kappa shape index (κ2) is 5.11. The van der Waals surface area contributed by atoms with Crippen LogP contribution in [0.1, 0.15) is 62.1 Å². The van der Waals surface area contributed by atoms with Gasteiger partial charge in [-0.15, -0.1) is 0 Å². The monoisotopic (exact) mass is 324 g/mol. The third kappa shape index (κ3) is 2.00. The van der Waals surface area contributed by atoms with Gasteiger partial charge in [0.25, 0.3) is 0 Å². The third-order valence-corrected chi connectivity index (χ3v) is 6.67. The van der Waals surface area contributed by atoms with E-state index in [0.29, 0.717) is 11.5 Å². The van der Waals surface area contributed by atoms with Crippen LogP contribution in [0.5, 0.6) is 5.75 Å². The van der Waals surface area contributed by atoms with Gasteiger partial charge in [0.1, 0.15) is 16.9 Å². The number of benzene rings is 1. The lowest BCUT2D eigenvalue weighted by Crippen LogP contribution is -2.47. The molecule has 126 valence electrons. The van der Waals surface area contributed by atoms with Crippen molar-refractivity contribution in [3.8, 4) is 5.75 Å². The van der Waals surface area contributed by atoms with Crippen molar-refractivity contribution < 1.29 is 9.15 Å². The molecule has 0 radical (unpaired) electrons. The average molecular weight is 324 g/mol. The number of hydrogen-bond acceptors (Lipinski definition) is 3. The number of rotatable bonds is 0. The molecule has 1 saturated carbocycles. The Hall–Kier alpha value is -1.77. The van der Waals surface area contributed by atoms with Crippen molar-refractivity contribution in [1.82, 2.24) is 0 Å². The average Bonchev–Trinajstić information content (AvgIpc) is 3.07. The topological polar surface area (TPSA) is 39.4 Å². The Morgan fingerprint density at radius 2 is 1.92 bits per heavy atom. The molecule has 2 aliphatic carbocycles. The van der Waals surface area contributed by atoms with Crippen LogP contribution in [0.3, 0.4) is 0 Å². The Balaban J connectivity index is 1.64. The lowest BCUT2D eigenvalue weighted by molar-refractivity contribution is -0.0331. The second-order valence-electron chi connectivity index (χ2n) is 7.97. The Morgan fingerprint density at radius 3 is 2.79 bits per heavy atom. The summed E-state index contributed by atoms with van der Waals surface area (Å²) in [5.41, 5.74) is 3.96. The fraction of sp³-hybridized carbons (Fsp3) is 0.571. The normalized spacial score (nSPS) is 28.6. The van der Waals surface area contributed by atoms with Crippen molar-refractivity contribution in [2.75, 3.05) is 0 Å². The van der Waals surface area contributed by atoms with E-state index in [1.807, 2.05) is 6.07 Å². The predicted octanol–water partition coefficient (Wildman–Crippen LogP) is 4.56. The highest BCUT2D eigenvalue weighted by atomic mass is 16.5. The quantitative estimate of drug-likeness (QED) is 0.667. The van der Waals surface area contributed by atoms with Crippen molar-refractivity contribution in [2.24, 2.45) is 5.92 Å². The molecule has 0 bridgehead atoms. The SMILES string of the molecule is CC1CCCC[C@]12CCc1cc3c4c(c(=O)oc3cc1O2)CCC4. The zero-order valence-corrected chi connectivity index (χ0v) is 14.3. The van der Waals surface area contributed by atoms with Crippen molar-refractivity contribution in [3.05, 3.63) is 39.2 Å². The highest BCUT2D eigenvalue weighted by Gasteiger charge is 2.43. The molecule has 1 unspecified atom stereocenters. The van der Waals surface area contributed by atoms with Gasteiger partial charge in [-0.1, -0.05) is 13.3 Å². The van der Waals surface area contributed by atoms with Crippen molar-refractivity contribution in [1.29, 1.82) is 0 Å². The van der Waals surface area contributed by atoms with Gasteiger partial charge in [-0.3, -0.25) is 0 Å². The van der Waals surface area contributed by atoms with Crippen molar-refractivity contribution in [2.45, 2.75) is 70.3 Å². The summed E-state index contributed by atoms with van der Waals surface area (Å²) in [7, 11) is 0. The number of fused-ring (bicyclic) bond motifs is 4. The van der Waals surface area contributed by atoms with E-state index >= 15 is 0 Å². The maximum absolute atomic E-state index is 12.2. The van der Waals surface area contributed by atoms with Crippen LogP contribution in [-0.4, -0.2) is 5.60 Å². The van der Waals surface area contributed by atoms with E-state index in [0.717, 1.165) is 55.2 Å². The van der Waals surface area contributed by atoms with Crippen LogP contribution in [0.4, 0.5) is 0 Å². The molecule has 1 spiro atoms. The van der Waals surface area contributed by atoms with Gasteiger partial charge in [-0.25, -0.2) is 4.79 Å². The summed E-state index contributed by atoms with van der Waals surface area (Å²) in [5.74, 6) is 1.55. The number of aryl methyl sites for hydroxylation is 2. The van der Waals surface area contributed by atoms with Crippen LogP contribution in [0.25, 0.3) is 11.0 Å². The van der Waals surface area contributed by atoms with Crippen LogP contribution in [0.15, 0.2) is 21.3 Å². The molecule has 1 aromatic carbocycles. The van der Waals surface area contributed by atoms with Gasteiger partial charge in [0.15, 0.2) is 0 Å². The van der Waals surface area contributed by atoms with E-state index in [4.69, 9.17) is 9.15 Å². The first-order chi connectivity index (χ1) is 11.7. The molecule has 2 atom stereocenters. The molecule has 2 heterocycles. The highest BCUT2D eigenvalue weighted by Crippen LogP contribution is 2.46. The van der Waals surface area contributed by atoms with Gasteiger partial charge in [0.2, 0.25) is 0 Å². The molecule has 5 rings (SSSR count). The van der Waals surface area contributed by atoms with Gasteiger partial charge in [0, 0.05) is 17.0 Å². The second-order valence-corrected chi connectivity index (χ2v) is 7.97. The van der Waals surface area contributed by atoms with Crippen LogP contribution in [0.2, 0.25) is 0 Å². The summed E-state index contributed by atoms with van der Waals surface area (Å²) in [6.07, 6.45) is 10.1. The molecule has 3 aliphatic rings. The Kier molecular flexibility index (Phi) is 3.10. The molecule has 3 heteroatoms. The fourth-order valence-corrected chi connectivity index (χ4v) is 5.17. The largest absolute Gasteiger partial charge is 0.487 e. The van der Waals surface area contributed by atoms with Crippen molar-refractivity contribution in [3.63, 3.8) is 0 Å².